The molecule has 2 aromatic heterocycles. The van der Waals surface area contributed by atoms with E-state index in [-0.39, 0.29) is 6.04 Å². The van der Waals surface area contributed by atoms with Gasteiger partial charge >= 0.3 is 0 Å². The molecule has 0 aliphatic heterocycles. The quantitative estimate of drug-likeness (QED) is 0.771. The Bertz CT molecular complexity index is 708. The fraction of sp³-hybridized carbons (Fsp3) is 0.250. The summed E-state index contributed by atoms with van der Waals surface area (Å²) in [6.45, 7) is 4.00. The largest absolute Gasteiger partial charge is 0.469 e. The lowest BCUT2D eigenvalue weighted by molar-refractivity contribution is 0.528. The molecule has 3 rings (SSSR count). The zero-order chi connectivity index (χ0) is 13.4. The van der Waals surface area contributed by atoms with E-state index >= 15 is 0 Å². The molecule has 0 saturated carbocycles. The molecule has 1 unspecified atom stereocenters. The van der Waals surface area contributed by atoms with Crippen molar-refractivity contribution >= 4 is 11.0 Å². The predicted molar refractivity (Wildman–Crippen MR) is 75.1 cm³/mol. The van der Waals surface area contributed by atoms with Gasteiger partial charge in [-0.05, 0) is 19.1 Å². The number of fused-ring (bicyclic) bond motifs is 1. The second-order valence-corrected chi connectivity index (χ2v) is 4.76. The Hall–Kier alpha value is -2.00. The van der Waals surface area contributed by atoms with Gasteiger partial charge in [-0.15, -0.1) is 0 Å². The van der Waals surface area contributed by atoms with Crippen molar-refractivity contribution in [1.82, 2.24) is 0 Å². The fourth-order valence-corrected chi connectivity index (χ4v) is 2.51. The Morgan fingerprint density at radius 1 is 1.26 bits per heavy atom. The van der Waals surface area contributed by atoms with Crippen molar-refractivity contribution in [2.24, 2.45) is 5.73 Å². The molecular formula is C16H17NO2. The van der Waals surface area contributed by atoms with Crippen LogP contribution in [-0.4, -0.2) is 0 Å². The van der Waals surface area contributed by atoms with Gasteiger partial charge in [0.2, 0.25) is 0 Å². The zero-order valence-electron chi connectivity index (χ0n) is 11.1. The van der Waals surface area contributed by atoms with Crippen molar-refractivity contribution < 1.29 is 8.83 Å². The normalized spacial score (nSPS) is 13.0. The molecule has 2 N–H and O–H groups in total. The molecule has 3 heteroatoms. The number of para-hydroxylation sites is 1. The highest BCUT2D eigenvalue weighted by atomic mass is 16.3. The monoisotopic (exact) mass is 255 g/mol. The molecule has 0 saturated heterocycles. The van der Waals surface area contributed by atoms with E-state index in [0.717, 1.165) is 40.0 Å². The lowest BCUT2D eigenvalue weighted by Gasteiger charge is -2.09. The van der Waals surface area contributed by atoms with Gasteiger partial charge in [0, 0.05) is 22.9 Å². The first-order valence-electron chi connectivity index (χ1n) is 6.51. The maximum Gasteiger partial charge on any atom is 0.134 e. The molecule has 3 aromatic rings. The average molecular weight is 255 g/mol. The number of rotatable bonds is 3. The van der Waals surface area contributed by atoms with Gasteiger partial charge in [0.1, 0.15) is 17.1 Å². The molecule has 0 radical (unpaired) electrons. The summed E-state index contributed by atoms with van der Waals surface area (Å²) in [5.74, 6) is 1.82. The summed E-state index contributed by atoms with van der Waals surface area (Å²) < 4.78 is 11.2. The van der Waals surface area contributed by atoms with Crippen LogP contribution in [0.15, 0.2) is 45.4 Å². The van der Waals surface area contributed by atoms with Crippen LogP contribution in [0, 0.1) is 6.92 Å². The zero-order valence-corrected chi connectivity index (χ0v) is 11.1. The first kappa shape index (κ1) is 12.1. The molecule has 1 atom stereocenters. The van der Waals surface area contributed by atoms with Crippen LogP contribution in [0.25, 0.3) is 11.0 Å². The molecule has 98 valence electrons. The SMILES string of the molecule is CCc1oc2ccccc2c1C(N)c1coc(C)c1. The molecule has 0 fully saturated rings. The molecule has 0 amide bonds. The average Bonchev–Trinajstić information content (AvgIpc) is 3.01. The summed E-state index contributed by atoms with van der Waals surface area (Å²) >= 11 is 0. The Morgan fingerprint density at radius 2 is 2.05 bits per heavy atom. The van der Waals surface area contributed by atoms with Crippen molar-refractivity contribution in [1.29, 1.82) is 0 Å². The summed E-state index contributed by atoms with van der Waals surface area (Å²) in [7, 11) is 0. The van der Waals surface area contributed by atoms with Gasteiger partial charge in [0.05, 0.1) is 12.3 Å². The molecule has 0 aliphatic carbocycles. The van der Waals surface area contributed by atoms with Crippen LogP contribution < -0.4 is 5.73 Å². The maximum absolute atomic E-state index is 6.40. The number of benzene rings is 1. The molecule has 0 spiro atoms. The number of nitrogens with two attached hydrogens (primary N) is 1. The lowest BCUT2D eigenvalue weighted by atomic mass is 9.98. The van der Waals surface area contributed by atoms with Crippen LogP contribution >= 0.6 is 0 Å². The van der Waals surface area contributed by atoms with Gasteiger partial charge in [-0.3, -0.25) is 0 Å². The highest BCUT2D eigenvalue weighted by Gasteiger charge is 2.21. The number of hydrogen-bond acceptors (Lipinski definition) is 3. The Labute approximate surface area is 112 Å². The highest BCUT2D eigenvalue weighted by molar-refractivity contribution is 5.83. The Kier molecular flexibility index (Phi) is 2.91. The molecule has 2 heterocycles. The Balaban J connectivity index is 2.17. The van der Waals surface area contributed by atoms with E-state index in [1.165, 1.54) is 0 Å². The van der Waals surface area contributed by atoms with Crippen LogP contribution in [0.2, 0.25) is 0 Å². The molecule has 0 bridgehead atoms. The van der Waals surface area contributed by atoms with Crippen molar-refractivity contribution in [3.05, 3.63) is 59.2 Å². The van der Waals surface area contributed by atoms with Crippen molar-refractivity contribution in [2.45, 2.75) is 26.3 Å². The van der Waals surface area contributed by atoms with Crippen molar-refractivity contribution in [3.63, 3.8) is 0 Å². The maximum atomic E-state index is 6.40. The number of hydrogen-bond donors (Lipinski definition) is 1. The summed E-state index contributed by atoms with van der Waals surface area (Å²) in [5, 5.41) is 1.09. The van der Waals surface area contributed by atoms with E-state index in [0.29, 0.717) is 0 Å². The van der Waals surface area contributed by atoms with Crippen LogP contribution in [0.3, 0.4) is 0 Å². The number of aryl methyl sites for hydroxylation is 2. The minimum atomic E-state index is -0.212. The molecule has 0 aliphatic rings. The molecule has 1 aromatic carbocycles. The molecule has 19 heavy (non-hydrogen) atoms. The van der Waals surface area contributed by atoms with E-state index < -0.39 is 0 Å². The van der Waals surface area contributed by atoms with E-state index in [1.54, 1.807) is 6.26 Å². The predicted octanol–water partition coefficient (Wildman–Crippen LogP) is 3.94. The van der Waals surface area contributed by atoms with E-state index in [1.807, 2.05) is 31.2 Å². The second kappa shape index (κ2) is 4.59. The van der Waals surface area contributed by atoms with Gasteiger partial charge in [-0.2, -0.15) is 0 Å². The first-order chi connectivity index (χ1) is 9.20. The molecule has 3 nitrogen and oxygen atoms in total. The third-order valence-corrected chi connectivity index (χ3v) is 3.45. The first-order valence-corrected chi connectivity index (χ1v) is 6.51. The highest BCUT2D eigenvalue weighted by Crippen LogP contribution is 2.33. The number of furan rings is 2. The van der Waals surface area contributed by atoms with Gasteiger partial charge in [0.15, 0.2) is 0 Å². The van der Waals surface area contributed by atoms with E-state index in [9.17, 15) is 0 Å². The van der Waals surface area contributed by atoms with Crippen LogP contribution in [-0.2, 0) is 6.42 Å². The van der Waals surface area contributed by atoms with Crippen molar-refractivity contribution in [3.8, 4) is 0 Å². The van der Waals surface area contributed by atoms with Gasteiger partial charge in [-0.25, -0.2) is 0 Å². The van der Waals surface area contributed by atoms with E-state index in [2.05, 4.69) is 13.0 Å². The fourth-order valence-electron chi connectivity index (χ4n) is 2.51. The minimum Gasteiger partial charge on any atom is -0.469 e. The summed E-state index contributed by atoms with van der Waals surface area (Å²) in [6.07, 6.45) is 2.55. The second-order valence-electron chi connectivity index (χ2n) is 4.76. The van der Waals surface area contributed by atoms with Gasteiger partial charge in [-0.1, -0.05) is 25.1 Å². The summed E-state index contributed by atoms with van der Waals surface area (Å²) in [4.78, 5) is 0. The smallest absolute Gasteiger partial charge is 0.134 e. The molecular weight excluding hydrogens is 238 g/mol. The topological polar surface area (TPSA) is 52.3 Å². The minimum absolute atomic E-state index is 0.212. The van der Waals surface area contributed by atoms with Crippen LogP contribution in [0.1, 0.15) is 35.6 Å². The van der Waals surface area contributed by atoms with E-state index in [4.69, 9.17) is 14.6 Å². The van der Waals surface area contributed by atoms with Crippen LogP contribution in [0.4, 0.5) is 0 Å². The Morgan fingerprint density at radius 3 is 2.74 bits per heavy atom. The summed E-state index contributed by atoms with van der Waals surface area (Å²) in [6, 6.07) is 9.78. The van der Waals surface area contributed by atoms with Crippen LogP contribution in [0.5, 0.6) is 0 Å². The van der Waals surface area contributed by atoms with Gasteiger partial charge < -0.3 is 14.6 Å². The van der Waals surface area contributed by atoms with Gasteiger partial charge in [0.25, 0.3) is 0 Å². The third kappa shape index (κ3) is 1.96. The van der Waals surface area contributed by atoms with Crippen molar-refractivity contribution in [2.75, 3.05) is 0 Å². The summed E-state index contributed by atoms with van der Waals surface area (Å²) in [5.41, 5.74) is 9.34. The lowest BCUT2D eigenvalue weighted by Crippen LogP contribution is -2.12. The standard InChI is InChI=1S/C16H17NO2/c1-3-13-15(12-6-4-5-7-14(12)19-13)16(17)11-8-10(2)18-9-11/h4-9,16H,3,17H2,1-2H3. The third-order valence-electron chi connectivity index (χ3n) is 3.45.